The lowest BCUT2D eigenvalue weighted by atomic mass is 9.76. The van der Waals surface area contributed by atoms with Crippen LogP contribution in [0, 0.1) is 0 Å². The molecule has 1 aromatic carbocycles. The van der Waals surface area contributed by atoms with E-state index < -0.39 is 0 Å². The molecule has 1 aromatic heterocycles. The summed E-state index contributed by atoms with van der Waals surface area (Å²) in [4.78, 5) is 10.7. The molecule has 1 fully saturated rings. The van der Waals surface area contributed by atoms with Gasteiger partial charge in [0.05, 0.1) is 11.2 Å². The first-order valence-electron chi connectivity index (χ1n) is 9.80. The Morgan fingerprint density at radius 3 is 3.04 bits per heavy atom. The number of hydrogen-bond acceptors (Lipinski definition) is 5. The summed E-state index contributed by atoms with van der Waals surface area (Å²) in [6, 6.07) is 8.38. The fraction of sp³-hybridized carbons (Fsp3) is 0.318. The van der Waals surface area contributed by atoms with Gasteiger partial charge in [0.2, 0.25) is 12.7 Å². The molecule has 28 heavy (non-hydrogen) atoms. The largest absolute Gasteiger partial charge is 0.458 e. The number of hydrogen-bond donors (Lipinski definition) is 0. The Labute approximate surface area is 161 Å². The van der Waals surface area contributed by atoms with Gasteiger partial charge in [0.15, 0.2) is 5.76 Å². The first-order valence-corrected chi connectivity index (χ1v) is 9.80. The summed E-state index contributed by atoms with van der Waals surface area (Å²) in [6.07, 6.45) is 6.01. The molecule has 0 amide bonds. The number of aliphatic imine (C=N–C) groups is 1. The number of rotatable bonds is 1. The van der Waals surface area contributed by atoms with E-state index in [0.717, 1.165) is 54.3 Å². The molecular weight excluding hydrogens is 356 g/mol. The Morgan fingerprint density at radius 2 is 2.04 bits per heavy atom. The van der Waals surface area contributed by atoms with Gasteiger partial charge in [-0.1, -0.05) is 18.2 Å². The zero-order chi connectivity index (χ0) is 18.2. The third-order valence-corrected chi connectivity index (χ3v) is 6.34. The summed E-state index contributed by atoms with van der Waals surface area (Å²) in [5.74, 6) is 2.86. The SMILES string of the molecule is C1=C2N=C3CCCC(c4c5n(c6ccccc46)OCO5)C3=C2CC2=C1OCO2. The summed E-state index contributed by atoms with van der Waals surface area (Å²) in [5.41, 5.74) is 7.18. The van der Waals surface area contributed by atoms with Crippen LogP contribution in [0.25, 0.3) is 10.9 Å². The lowest BCUT2D eigenvalue weighted by Gasteiger charge is -2.26. The maximum Gasteiger partial charge on any atom is 0.255 e. The van der Waals surface area contributed by atoms with Crippen molar-refractivity contribution in [3.05, 3.63) is 64.3 Å². The van der Waals surface area contributed by atoms with Crippen LogP contribution in [0.15, 0.2) is 63.7 Å². The molecule has 6 heteroatoms. The second kappa shape index (κ2) is 5.22. The van der Waals surface area contributed by atoms with Crippen molar-refractivity contribution >= 4 is 16.6 Å². The zero-order valence-electron chi connectivity index (χ0n) is 15.2. The highest BCUT2D eigenvalue weighted by Crippen LogP contribution is 2.51. The number of fused-ring (bicyclic) bond motifs is 5. The average Bonchev–Trinajstić information content (AvgIpc) is 3.47. The van der Waals surface area contributed by atoms with Gasteiger partial charge in [-0.15, -0.1) is 4.73 Å². The van der Waals surface area contributed by atoms with E-state index in [-0.39, 0.29) is 12.7 Å². The minimum Gasteiger partial charge on any atom is -0.458 e. The Kier molecular flexibility index (Phi) is 2.77. The summed E-state index contributed by atoms with van der Waals surface area (Å²) in [5, 5.41) is 1.20. The Bertz CT molecular complexity index is 1180. The molecule has 7 rings (SSSR count). The molecule has 1 unspecified atom stereocenters. The van der Waals surface area contributed by atoms with Crippen molar-refractivity contribution in [2.75, 3.05) is 13.6 Å². The van der Waals surface area contributed by atoms with Crippen LogP contribution in [0.2, 0.25) is 0 Å². The normalized spacial score (nSPS) is 24.5. The van der Waals surface area contributed by atoms with Crippen LogP contribution < -0.4 is 9.57 Å². The van der Waals surface area contributed by atoms with E-state index in [4.69, 9.17) is 24.0 Å². The van der Waals surface area contributed by atoms with Crippen molar-refractivity contribution in [1.82, 2.24) is 4.73 Å². The van der Waals surface area contributed by atoms with E-state index in [1.807, 2.05) is 16.9 Å². The van der Waals surface area contributed by atoms with Crippen molar-refractivity contribution in [3.63, 3.8) is 0 Å². The highest BCUT2D eigenvalue weighted by atomic mass is 16.8. The van der Waals surface area contributed by atoms with Crippen LogP contribution in [0.5, 0.6) is 5.88 Å². The second-order valence-electron chi connectivity index (χ2n) is 7.72. The molecule has 0 saturated heterocycles. The third-order valence-electron chi connectivity index (χ3n) is 6.34. The first kappa shape index (κ1) is 14.9. The number of ether oxygens (including phenoxy) is 3. The quantitative estimate of drug-likeness (QED) is 0.759. The van der Waals surface area contributed by atoms with E-state index >= 15 is 0 Å². The van der Waals surface area contributed by atoms with E-state index in [2.05, 4.69) is 18.2 Å². The molecule has 1 atom stereocenters. The molecule has 6 nitrogen and oxygen atoms in total. The van der Waals surface area contributed by atoms with Crippen molar-refractivity contribution in [3.8, 4) is 5.88 Å². The molecule has 1 saturated carbocycles. The Hall–Kier alpha value is -3.15. The maximum absolute atomic E-state index is 5.93. The van der Waals surface area contributed by atoms with Crippen LogP contribution >= 0.6 is 0 Å². The lowest BCUT2D eigenvalue weighted by Crippen LogP contribution is -2.18. The molecule has 140 valence electrons. The third kappa shape index (κ3) is 1.80. The Morgan fingerprint density at radius 1 is 1.07 bits per heavy atom. The van der Waals surface area contributed by atoms with Crippen LogP contribution in [-0.2, 0) is 9.47 Å². The predicted octanol–water partition coefficient (Wildman–Crippen LogP) is 3.94. The molecule has 0 radical (unpaired) electrons. The molecule has 2 aromatic rings. The number of nitrogens with zero attached hydrogens (tertiary/aromatic N) is 2. The van der Waals surface area contributed by atoms with Crippen LogP contribution in [0.1, 0.15) is 37.2 Å². The molecule has 5 aliphatic rings. The highest BCUT2D eigenvalue weighted by molar-refractivity contribution is 6.08. The first-order chi connectivity index (χ1) is 13.9. The van der Waals surface area contributed by atoms with Gasteiger partial charge in [0, 0.05) is 35.1 Å². The van der Waals surface area contributed by atoms with Crippen molar-refractivity contribution in [1.29, 1.82) is 0 Å². The molecule has 3 aliphatic heterocycles. The highest BCUT2D eigenvalue weighted by Gasteiger charge is 2.40. The number of aromatic nitrogens is 1. The van der Waals surface area contributed by atoms with Crippen molar-refractivity contribution in [2.45, 2.75) is 31.6 Å². The average molecular weight is 374 g/mol. The van der Waals surface area contributed by atoms with Gasteiger partial charge in [-0.25, -0.2) is 0 Å². The van der Waals surface area contributed by atoms with Gasteiger partial charge in [0.25, 0.3) is 6.79 Å². The number of para-hydroxylation sites is 1. The van der Waals surface area contributed by atoms with Gasteiger partial charge in [-0.2, -0.15) is 0 Å². The van der Waals surface area contributed by atoms with Gasteiger partial charge in [0.1, 0.15) is 5.76 Å². The van der Waals surface area contributed by atoms with Crippen LogP contribution in [0.3, 0.4) is 0 Å². The van der Waals surface area contributed by atoms with E-state index in [0.29, 0.717) is 6.79 Å². The minimum absolute atomic E-state index is 0.251. The smallest absolute Gasteiger partial charge is 0.255 e. The molecule has 4 heterocycles. The van der Waals surface area contributed by atoms with Crippen molar-refractivity contribution in [2.24, 2.45) is 4.99 Å². The fourth-order valence-corrected chi connectivity index (χ4v) is 5.21. The maximum atomic E-state index is 5.93. The summed E-state index contributed by atoms with van der Waals surface area (Å²) >= 11 is 0. The topological polar surface area (TPSA) is 54.2 Å². The summed E-state index contributed by atoms with van der Waals surface area (Å²) in [6.45, 7) is 0.569. The molecular formula is C22H18N2O4. The molecule has 2 aliphatic carbocycles. The van der Waals surface area contributed by atoms with Gasteiger partial charge < -0.3 is 19.0 Å². The summed E-state index contributed by atoms with van der Waals surface area (Å²) in [7, 11) is 0. The molecule has 0 N–H and O–H groups in total. The van der Waals surface area contributed by atoms with Gasteiger partial charge >= 0.3 is 0 Å². The standard InChI is InChI=1S/C22H18N2O4/c1-2-7-17-12(4-1)21(22-24(17)28-11-27-22)13-5-3-6-15-20(13)14-8-18-19(26-10-25-18)9-16(14)23-15/h1-2,4,7,9,13H,3,5-6,8,10-11H2. The number of allylic oxidation sites excluding steroid dienone is 4. The summed E-state index contributed by atoms with van der Waals surface area (Å²) < 4.78 is 19.1. The van der Waals surface area contributed by atoms with Crippen LogP contribution in [-0.4, -0.2) is 24.0 Å². The van der Waals surface area contributed by atoms with E-state index in [9.17, 15) is 0 Å². The zero-order valence-corrected chi connectivity index (χ0v) is 15.2. The molecule has 0 bridgehead atoms. The van der Waals surface area contributed by atoms with Crippen LogP contribution in [0.4, 0.5) is 0 Å². The fourth-order valence-electron chi connectivity index (χ4n) is 5.21. The Balaban J connectivity index is 1.45. The van der Waals surface area contributed by atoms with E-state index in [1.54, 1.807) is 0 Å². The minimum atomic E-state index is 0.251. The molecule has 0 spiro atoms. The second-order valence-corrected chi connectivity index (χ2v) is 7.72. The monoisotopic (exact) mass is 374 g/mol. The lowest BCUT2D eigenvalue weighted by molar-refractivity contribution is 0.0736. The predicted molar refractivity (Wildman–Crippen MR) is 102 cm³/mol. The van der Waals surface area contributed by atoms with Crippen molar-refractivity contribution < 1.29 is 19.0 Å². The number of benzene rings is 1. The van der Waals surface area contributed by atoms with Gasteiger partial charge in [-0.3, -0.25) is 4.99 Å². The van der Waals surface area contributed by atoms with E-state index in [1.165, 1.54) is 27.8 Å². The van der Waals surface area contributed by atoms with Gasteiger partial charge in [-0.05, 0) is 36.5 Å².